The number of aliphatic hydroxyl groups is 2. The fraction of sp³-hybridized carbons (Fsp3) is 0.303. The largest absolute Gasteiger partial charge is 0.391 e. The molecule has 0 saturated carbocycles. The summed E-state index contributed by atoms with van der Waals surface area (Å²) < 4.78 is 22.0. The maximum absolute atomic E-state index is 14.1. The molecule has 4 aromatic rings. The number of aromatic nitrogens is 1. The summed E-state index contributed by atoms with van der Waals surface area (Å²) >= 11 is 0. The van der Waals surface area contributed by atoms with Crippen molar-refractivity contribution < 1.29 is 24.1 Å². The summed E-state index contributed by atoms with van der Waals surface area (Å²) in [5.41, 5.74) is 5.32. The van der Waals surface area contributed by atoms with Crippen LogP contribution < -0.4 is 5.32 Å². The molecule has 1 saturated heterocycles. The van der Waals surface area contributed by atoms with Gasteiger partial charge in [0.05, 0.1) is 36.2 Å². The molecule has 1 amide bonds. The molecule has 208 valence electrons. The molecule has 0 spiro atoms. The van der Waals surface area contributed by atoms with E-state index in [4.69, 9.17) is 4.74 Å². The second-order valence-corrected chi connectivity index (χ2v) is 10.6. The molecule has 40 heavy (non-hydrogen) atoms. The van der Waals surface area contributed by atoms with E-state index in [9.17, 15) is 19.4 Å². The lowest BCUT2D eigenvalue weighted by Gasteiger charge is -2.31. The highest BCUT2D eigenvalue weighted by Gasteiger charge is 2.33. The smallest absolute Gasteiger partial charge is 0.258 e. The Labute approximate surface area is 234 Å². The molecule has 1 aliphatic heterocycles. The van der Waals surface area contributed by atoms with Crippen LogP contribution in [0.3, 0.4) is 0 Å². The molecule has 0 bridgehead atoms. The van der Waals surface area contributed by atoms with Crippen molar-refractivity contribution in [2.75, 3.05) is 11.9 Å². The zero-order valence-corrected chi connectivity index (χ0v) is 22.8. The number of nitrogens with one attached hydrogen (secondary N) is 1. The maximum atomic E-state index is 14.1. The van der Waals surface area contributed by atoms with Gasteiger partial charge in [-0.25, -0.2) is 4.39 Å². The Morgan fingerprint density at radius 1 is 0.975 bits per heavy atom. The zero-order chi connectivity index (χ0) is 28.2. The minimum atomic E-state index is -0.787. The van der Waals surface area contributed by atoms with Gasteiger partial charge >= 0.3 is 0 Å². The van der Waals surface area contributed by atoms with Crippen molar-refractivity contribution in [1.82, 2.24) is 4.57 Å². The van der Waals surface area contributed by atoms with E-state index in [0.29, 0.717) is 24.2 Å². The predicted octanol–water partition coefficient (Wildman–Crippen LogP) is 6.24. The Hall–Kier alpha value is -3.78. The Balaban J connectivity index is 1.70. The number of aliphatic hydroxyl groups excluding tert-OH is 2. The van der Waals surface area contributed by atoms with Crippen LogP contribution in [0.15, 0.2) is 84.9 Å². The quantitative estimate of drug-likeness (QED) is 0.246. The summed E-state index contributed by atoms with van der Waals surface area (Å²) in [5.74, 6) is -0.605. The summed E-state index contributed by atoms with van der Waals surface area (Å²) in [4.78, 5) is 14.1. The lowest BCUT2D eigenvalue weighted by Crippen LogP contribution is -2.41. The first-order valence-corrected chi connectivity index (χ1v) is 13.7. The van der Waals surface area contributed by atoms with Crippen LogP contribution in [0.1, 0.15) is 48.7 Å². The number of hydrogen-bond acceptors (Lipinski definition) is 4. The van der Waals surface area contributed by atoms with E-state index in [2.05, 4.69) is 23.7 Å². The van der Waals surface area contributed by atoms with Crippen molar-refractivity contribution in [3.8, 4) is 22.4 Å². The lowest BCUT2D eigenvalue weighted by atomic mass is 9.94. The van der Waals surface area contributed by atoms with Crippen molar-refractivity contribution >= 4 is 11.6 Å². The van der Waals surface area contributed by atoms with E-state index >= 15 is 0 Å². The van der Waals surface area contributed by atoms with E-state index in [-0.39, 0.29) is 30.7 Å². The summed E-state index contributed by atoms with van der Waals surface area (Å²) in [7, 11) is 0. The number of carbonyl (C=O) groups excluding carboxylic acids is 1. The normalized spacial score (nSPS) is 19.1. The van der Waals surface area contributed by atoms with Gasteiger partial charge in [-0.05, 0) is 59.9 Å². The predicted molar refractivity (Wildman–Crippen MR) is 155 cm³/mol. The average molecular weight is 543 g/mol. The molecule has 6 nitrogen and oxygen atoms in total. The van der Waals surface area contributed by atoms with Gasteiger partial charge in [-0.15, -0.1) is 0 Å². The van der Waals surface area contributed by atoms with Crippen molar-refractivity contribution in [1.29, 1.82) is 0 Å². The summed E-state index contributed by atoms with van der Waals surface area (Å²) in [5, 5.41) is 23.6. The van der Waals surface area contributed by atoms with Crippen LogP contribution in [-0.2, 0) is 11.3 Å². The highest BCUT2D eigenvalue weighted by atomic mass is 19.1. The SMILES string of the molecule is CC(C)c1c(C(=O)Nc2ccccc2)c(-c2ccccc2)c(-c2ccc(F)cc2)n1CCC1OCC(O)CC1O. The Morgan fingerprint density at radius 2 is 1.62 bits per heavy atom. The third-order valence-corrected chi connectivity index (χ3v) is 7.37. The van der Waals surface area contributed by atoms with E-state index in [0.717, 1.165) is 28.1 Å². The molecular weight excluding hydrogens is 507 g/mol. The number of amides is 1. The fourth-order valence-corrected chi connectivity index (χ4v) is 5.58. The van der Waals surface area contributed by atoms with Gasteiger partial charge < -0.3 is 24.8 Å². The molecule has 1 fully saturated rings. The Morgan fingerprint density at radius 3 is 2.25 bits per heavy atom. The van der Waals surface area contributed by atoms with E-state index in [1.807, 2.05) is 60.7 Å². The molecular formula is C33H35FN2O4. The minimum Gasteiger partial charge on any atom is -0.391 e. The molecule has 3 unspecified atom stereocenters. The zero-order valence-electron chi connectivity index (χ0n) is 22.8. The van der Waals surface area contributed by atoms with E-state index in [1.165, 1.54) is 12.1 Å². The summed E-state index contributed by atoms with van der Waals surface area (Å²) in [6, 6.07) is 25.4. The molecule has 3 atom stereocenters. The standard InChI is InChI=1S/C33H35FN2O4/c1-21(2)31-30(33(39)35-25-11-7-4-8-12-25)29(22-9-5-3-6-10-22)32(23-13-15-24(34)16-14-23)36(31)18-17-28-27(38)19-26(37)20-40-28/h3-16,21,26-28,37-38H,17-20H2,1-2H3,(H,35,39). The van der Waals surface area contributed by atoms with Crippen LogP contribution in [-0.4, -0.2) is 45.6 Å². The van der Waals surface area contributed by atoms with Crippen molar-refractivity contribution in [3.63, 3.8) is 0 Å². The van der Waals surface area contributed by atoms with E-state index in [1.54, 1.807) is 12.1 Å². The molecule has 7 heteroatoms. The highest BCUT2D eigenvalue weighted by Crippen LogP contribution is 2.42. The van der Waals surface area contributed by atoms with Gasteiger partial charge in [0.15, 0.2) is 0 Å². The first-order valence-electron chi connectivity index (χ1n) is 13.7. The van der Waals surface area contributed by atoms with Crippen molar-refractivity contribution in [2.24, 2.45) is 0 Å². The number of anilines is 1. The summed E-state index contributed by atoms with van der Waals surface area (Å²) in [6.07, 6.45) is -1.18. The number of para-hydroxylation sites is 1. The Bertz CT molecular complexity index is 1440. The number of rotatable bonds is 8. The van der Waals surface area contributed by atoms with E-state index < -0.39 is 18.3 Å². The third-order valence-electron chi connectivity index (χ3n) is 7.37. The van der Waals surface area contributed by atoms with Gasteiger partial charge in [0.1, 0.15) is 5.82 Å². The first-order chi connectivity index (χ1) is 19.3. The molecule has 3 aromatic carbocycles. The topological polar surface area (TPSA) is 83.7 Å². The average Bonchev–Trinajstić information content (AvgIpc) is 3.29. The van der Waals surface area contributed by atoms with Crippen LogP contribution in [0.2, 0.25) is 0 Å². The number of benzene rings is 3. The molecule has 3 N–H and O–H groups in total. The van der Waals surface area contributed by atoms with Crippen LogP contribution in [0, 0.1) is 5.82 Å². The van der Waals surface area contributed by atoms with Crippen molar-refractivity contribution in [3.05, 3.63) is 102 Å². The molecule has 1 aliphatic rings. The second kappa shape index (κ2) is 12.2. The first kappa shape index (κ1) is 27.8. The monoisotopic (exact) mass is 542 g/mol. The number of hydrogen-bond donors (Lipinski definition) is 3. The fourth-order valence-electron chi connectivity index (χ4n) is 5.58. The molecule has 1 aromatic heterocycles. The van der Waals surface area contributed by atoms with Crippen LogP contribution in [0.25, 0.3) is 22.4 Å². The van der Waals surface area contributed by atoms with Crippen LogP contribution in [0.5, 0.6) is 0 Å². The number of nitrogens with zero attached hydrogens (tertiary/aromatic N) is 1. The number of carbonyl (C=O) groups is 1. The molecule has 0 aliphatic carbocycles. The number of ether oxygens (including phenoxy) is 1. The Kier molecular flexibility index (Phi) is 8.45. The van der Waals surface area contributed by atoms with Crippen LogP contribution >= 0.6 is 0 Å². The van der Waals surface area contributed by atoms with Gasteiger partial charge in [0.25, 0.3) is 5.91 Å². The number of halogens is 1. The van der Waals surface area contributed by atoms with Gasteiger partial charge in [-0.3, -0.25) is 4.79 Å². The van der Waals surface area contributed by atoms with Crippen molar-refractivity contribution in [2.45, 2.75) is 57.5 Å². The van der Waals surface area contributed by atoms with Gasteiger partial charge in [-0.1, -0.05) is 62.4 Å². The molecule has 2 heterocycles. The van der Waals surface area contributed by atoms with Gasteiger partial charge in [-0.2, -0.15) is 0 Å². The minimum absolute atomic E-state index is 0.0350. The maximum Gasteiger partial charge on any atom is 0.258 e. The summed E-state index contributed by atoms with van der Waals surface area (Å²) in [6.45, 7) is 4.74. The lowest BCUT2D eigenvalue weighted by molar-refractivity contribution is -0.126. The molecule has 0 radical (unpaired) electrons. The van der Waals surface area contributed by atoms with Gasteiger partial charge in [0.2, 0.25) is 0 Å². The molecule has 5 rings (SSSR count). The third kappa shape index (κ3) is 5.87. The van der Waals surface area contributed by atoms with Gasteiger partial charge in [0, 0.05) is 29.9 Å². The second-order valence-electron chi connectivity index (χ2n) is 10.6. The van der Waals surface area contributed by atoms with Crippen LogP contribution in [0.4, 0.5) is 10.1 Å². The highest BCUT2D eigenvalue weighted by molar-refractivity contribution is 6.12.